The van der Waals surface area contributed by atoms with Gasteiger partial charge in [0, 0.05) is 31.9 Å². The number of rotatable bonds is 3. The molecule has 0 bridgehead atoms. The van der Waals surface area contributed by atoms with Crippen molar-refractivity contribution in [3.63, 3.8) is 0 Å². The van der Waals surface area contributed by atoms with Crippen LogP contribution in [0.1, 0.15) is 25.7 Å². The van der Waals surface area contributed by atoms with Gasteiger partial charge >= 0.3 is 0 Å². The molecule has 0 aliphatic carbocycles. The monoisotopic (exact) mass is 247 g/mol. The summed E-state index contributed by atoms with van der Waals surface area (Å²) in [6.45, 7) is 2.53. The van der Waals surface area contributed by atoms with E-state index in [0.717, 1.165) is 11.9 Å². The fourth-order valence-corrected chi connectivity index (χ4v) is 3.12. The van der Waals surface area contributed by atoms with Crippen LogP contribution in [0.4, 0.5) is 11.8 Å². The molecule has 18 heavy (non-hydrogen) atoms. The third kappa shape index (κ3) is 2.41. The first-order valence-electron chi connectivity index (χ1n) is 6.86. The molecule has 2 aliphatic heterocycles. The number of nitrogens with one attached hydrogen (secondary N) is 2. The Kier molecular flexibility index (Phi) is 3.32. The maximum absolute atomic E-state index is 4.42. The maximum atomic E-state index is 4.42. The van der Waals surface area contributed by atoms with Gasteiger partial charge in [0.1, 0.15) is 5.82 Å². The molecule has 0 saturated carbocycles. The van der Waals surface area contributed by atoms with Crippen molar-refractivity contribution in [2.75, 3.05) is 30.8 Å². The lowest BCUT2D eigenvalue weighted by Gasteiger charge is -2.35. The number of nitrogens with zero attached hydrogens (tertiary/aromatic N) is 3. The summed E-state index contributed by atoms with van der Waals surface area (Å²) in [6.07, 6.45) is 7.00. The smallest absolute Gasteiger partial charge is 0.224 e. The van der Waals surface area contributed by atoms with Gasteiger partial charge in [-0.25, -0.2) is 4.98 Å². The van der Waals surface area contributed by atoms with Gasteiger partial charge in [0.15, 0.2) is 0 Å². The molecule has 2 fully saturated rings. The highest BCUT2D eigenvalue weighted by atomic mass is 15.2. The molecule has 3 rings (SSSR count). The van der Waals surface area contributed by atoms with E-state index in [-0.39, 0.29) is 0 Å². The normalized spacial score (nSPS) is 27.8. The van der Waals surface area contributed by atoms with Crippen LogP contribution < -0.4 is 10.6 Å². The molecule has 2 atom stereocenters. The molecule has 2 aliphatic rings. The highest BCUT2D eigenvalue weighted by Crippen LogP contribution is 2.28. The number of hydrogen-bond acceptors (Lipinski definition) is 5. The first-order valence-corrected chi connectivity index (χ1v) is 6.86. The van der Waals surface area contributed by atoms with Crippen LogP contribution >= 0.6 is 0 Å². The van der Waals surface area contributed by atoms with Gasteiger partial charge in [-0.05, 0) is 38.3 Å². The summed E-state index contributed by atoms with van der Waals surface area (Å²) in [5.74, 6) is 1.61. The van der Waals surface area contributed by atoms with Crippen LogP contribution in [0.2, 0.25) is 0 Å². The maximum Gasteiger partial charge on any atom is 0.224 e. The van der Waals surface area contributed by atoms with Crippen LogP contribution in [0, 0.1) is 0 Å². The quantitative estimate of drug-likeness (QED) is 0.849. The summed E-state index contributed by atoms with van der Waals surface area (Å²) in [5.41, 5.74) is 0. The summed E-state index contributed by atoms with van der Waals surface area (Å²) in [4.78, 5) is 11.2. The molecule has 1 aromatic rings. The van der Waals surface area contributed by atoms with Crippen molar-refractivity contribution in [2.24, 2.45) is 0 Å². The third-order valence-electron chi connectivity index (χ3n) is 4.05. The second kappa shape index (κ2) is 5.10. The van der Waals surface area contributed by atoms with Crippen molar-refractivity contribution in [1.82, 2.24) is 14.9 Å². The Labute approximate surface area is 108 Å². The fourth-order valence-electron chi connectivity index (χ4n) is 3.12. The Morgan fingerprint density at radius 3 is 3.17 bits per heavy atom. The Hall–Kier alpha value is -1.36. The van der Waals surface area contributed by atoms with E-state index in [9.17, 15) is 0 Å². The second-order valence-corrected chi connectivity index (χ2v) is 5.21. The highest BCUT2D eigenvalue weighted by Gasteiger charge is 2.31. The Morgan fingerprint density at radius 1 is 1.33 bits per heavy atom. The first-order chi connectivity index (χ1) is 8.85. The van der Waals surface area contributed by atoms with Gasteiger partial charge in [-0.15, -0.1) is 0 Å². The highest BCUT2D eigenvalue weighted by molar-refractivity contribution is 5.40. The molecular weight excluding hydrogens is 226 g/mol. The van der Waals surface area contributed by atoms with Crippen LogP contribution in [0.25, 0.3) is 0 Å². The van der Waals surface area contributed by atoms with Gasteiger partial charge < -0.3 is 15.5 Å². The number of hydrogen-bond donors (Lipinski definition) is 2. The zero-order chi connectivity index (χ0) is 12.4. The van der Waals surface area contributed by atoms with Crippen molar-refractivity contribution >= 4 is 11.8 Å². The predicted octanol–water partition coefficient (Wildman–Crippen LogP) is 1.56. The van der Waals surface area contributed by atoms with Crippen LogP contribution in [0.5, 0.6) is 0 Å². The Balaban J connectivity index is 1.62. The van der Waals surface area contributed by atoms with E-state index in [0.29, 0.717) is 12.0 Å². The van der Waals surface area contributed by atoms with Gasteiger partial charge in [0.2, 0.25) is 5.95 Å². The molecule has 2 unspecified atom stereocenters. The fraction of sp³-hybridized carbons (Fsp3) is 0.692. The van der Waals surface area contributed by atoms with Crippen molar-refractivity contribution in [2.45, 2.75) is 37.8 Å². The summed E-state index contributed by atoms with van der Waals surface area (Å²) in [6, 6.07) is 3.30. The molecule has 2 N–H and O–H groups in total. The Morgan fingerprint density at radius 2 is 2.28 bits per heavy atom. The average Bonchev–Trinajstić information content (AvgIpc) is 2.86. The van der Waals surface area contributed by atoms with Crippen molar-refractivity contribution in [1.29, 1.82) is 0 Å². The van der Waals surface area contributed by atoms with Crippen molar-refractivity contribution < 1.29 is 0 Å². The molecule has 0 spiro atoms. The predicted molar refractivity (Wildman–Crippen MR) is 72.8 cm³/mol. The van der Waals surface area contributed by atoms with Crippen LogP contribution in [0.15, 0.2) is 12.3 Å². The Bertz CT molecular complexity index is 408. The molecule has 2 saturated heterocycles. The molecule has 1 aromatic heterocycles. The van der Waals surface area contributed by atoms with E-state index < -0.39 is 0 Å². The van der Waals surface area contributed by atoms with Gasteiger partial charge in [0.05, 0.1) is 0 Å². The average molecular weight is 247 g/mol. The largest absolute Gasteiger partial charge is 0.367 e. The summed E-state index contributed by atoms with van der Waals surface area (Å²) in [7, 11) is 1.84. The molecule has 98 valence electrons. The molecular formula is C13H21N5. The summed E-state index contributed by atoms with van der Waals surface area (Å²) >= 11 is 0. The van der Waals surface area contributed by atoms with Gasteiger partial charge in [-0.3, -0.25) is 0 Å². The van der Waals surface area contributed by atoms with Gasteiger partial charge in [-0.1, -0.05) is 0 Å². The third-order valence-corrected chi connectivity index (χ3v) is 4.05. The minimum atomic E-state index is 0.559. The van der Waals surface area contributed by atoms with Gasteiger partial charge in [-0.2, -0.15) is 4.98 Å². The second-order valence-electron chi connectivity index (χ2n) is 5.21. The summed E-state index contributed by atoms with van der Waals surface area (Å²) < 4.78 is 0. The van der Waals surface area contributed by atoms with E-state index in [4.69, 9.17) is 0 Å². The summed E-state index contributed by atoms with van der Waals surface area (Å²) in [5, 5.41) is 6.52. The number of fused-ring (bicyclic) bond motifs is 1. The lowest BCUT2D eigenvalue weighted by molar-refractivity contribution is 0.188. The molecule has 5 heteroatoms. The molecule has 3 heterocycles. The SMILES string of the molecule is CNc1nccc(NC2CCN3CCCC3C2)n1. The van der Waals surface area contributed by atoms with E-state index in [1.165, 1.54) is 38.8 Å². The molecule has 5 nitrogen and oxygen atoms in total. The first kappa shape index (κ1) is 11.7. The molecule has 0 amide bonds. The number of aromatic nitrogens is 2. The zero-order valence-electron chi connectivity index (χ0n) is 10.9. The number of anilines is 2. The standard InChI is InChI=1S/C13H21N5/c1-14-13-15-6-4-12(17-13)16-10-5-8-18-7-2-3-11(18)9-10/h4,6,10-11H,2-3,5,7-9H2,1H3,(H2,14,15,16,17). The van der Waals surface area contributed by atoms with Gasteiger partial charge in [0.25, 0.3) is 0 Å². The van der Waals surface area contributed by atoms with Crippen molar-refractivity contribution in [3.8, 4) is 0 Å². The van der Waals surface area contributed by atoms with E-state index >= 15 is 0 Å². The van der Waals surface area contributed by atoms with Crippen LogP contribution in [-0.2, 0) is 0 Å². The van der Waals surface area contributed by atoms with Crippen LogP contribution in [-0.4, -0.2) is 47.1 Å². The van der Waals surface area contributed by atoms with Crippen LogP contribution in [0.3, 0.4) is 0 Å². The van der Waals surface area contributed by atoms with E-state index in [1.807, 2.05) is 13.1 Å². The number of piperidine rings is 1. The van der Waals surface area contributed by atoms with Crippen molar-refractivity contribution in [3.05, 3.63) is 12.3 Å². The van der Waals surface area contributed by atoms with E-state index in [2.05, 4.69) is 25.5 Å². The lowest BCUT2D eigenvalue weighted by Crippen LogP contribution is -2.42. The topological polar surface area (TPSA) is 53.1 Å². The zero-order valence-corrected chi connectivity index (χ0v) is 10.9. The lowest BCUT2D eigenvalue weighted by atomic mass is 9.98. The molecule has 0 radical (unpaired) electrons. The van der Waals surface area contributed by atoms with E-state index in [1.54, 1.807) is 6.20 Å². The molecule has 0 aromatic carbocycles. The minimum Gasteiger partial charge on any atom is -0.367 e. The minimum absolute atomic E-state index is 0.559.